The highest BCUT2D eigenvalue weighted by molar-refractivity contribution is 6.39. The lowest BCUT2D eigenvalue weighted by Gasteiger charge is -2.09. The number of alkyl halides is 3. The van der Waals surface area contributed by atoms with Crippen molar-refractivity contribution in [3.05, 3.63) is 140 Å². The van der Waals surface area contributed by atoms with Crippen molar-refractivity contribution in [2.75, 3.05) is 0 Å². The minimum atomic E-state index is -4.41. The Labute approximate surface area is 243 Å². The topological polar surface area (TPSA) is 61.0 Å². The number of nitro groups is 1. The first-order chi connectivity index (χ1) is 19.6. The maximum Gasteiger partial charge on any atom is 0.416 e. The predicted molar refractivity (Wildman–Crippen MR) is 156 cm³/mol. The maximum atomic E-state index is 13.1. The summed E-state index contributed by atoms with van der Waals surface area (Å²) in [4.78, 5) is 15.3. The first-order valence-electron chi connectivity index (χ1n) is 12.3. The summed E-state index contributed by atoms with van der Waals surface area (Å²) in [5.41, 5.74) is 3.19. The summed E-state index contributed by atoms with van der Waals surface area (Å²) in [6, 6.07) is 23.8. The van der Waals surface area contributed by atoms with Crippen molar-refractivity contribution in [1.82, 2.24) is 9.55 Å². The fourth-order valence-corrected chi connectivity index (χ4v) is 4.90. The van der Waals surface area contributed by atoms with Crippen LogP contribution < -0.4 is 0 Å². The Morgan fingerprint density at radius 1 is 0.854 bits per heavy atom. The molecule has 1 heterocycles. The molecule has 0 N–H and O–H groups in total. The van der Waals surface area contributed by atoms with Gasteiger partial charge in [-0.25, -0.2) is 4.98 Å². The summed E-state index contributed by atoms with van der Waals surface area (Å²) in [6.45, 7) is 0.376. The van der Waals surface area contributed by atoms with E-state index in [4.69, 9.17) is 28.2 Å². The number of halogens is 5. The zero-order valence-corrected chi connectivity index (χ0v) is 22.7. The standard InChI is InChI=1S/C31H20Cl2F3N3O2/c32-26-5-2-6-27(33)30(26)28-19-38(18-21-9-14-25(15-10-21)39(40)41)29(37-28)16-11-20-7-12-22(13-8-20)23-3-1-4-24(17-23)31(34,35)36/h1-17,19H,18H2. The number of benzene rings is 4. The molecular weight excluding hydrogens is 574 g/mol. The van der Waals surface area contributed by atoms with E-state index in [0.29, 0.717) is 44.8 Å². The molecule has 0 spiro atoms. The Morgan fingerprint density at radius 2 is 1.51 bits per heavy atom. The van der Waals surface area contributed by atoms with Crippen LogP contribution in [0.4, 0.5) is 18.9 Å². The van der Waals surface area contributed by atoms with Crippen molar-refractivity contribution in [1.29, 1.82) is 0 Å². The Kier molecular flexibility index (Phi) is 7.97. The van der Waals surface area contributed by atoms with Crippen LogP contribution in [0.15, 0.2) is 97.2 Å². The van der Waals surface area contributed by atoms with Crippen LogP contribution in [-0.4, -0.2) is 14.5 Å². The molecule has 0 atom stereocenters. The summed E-state index contributed by atoms with van der Waals surface area (Å²) in [5, 5.41) is 11.9. The quantitative estimate of drug-likeness (QED) is 0.139. The maximum absolute atomic E-state index is 13.1. The molecule has 0 unspecified atom stereocenters. The zero-order chi connectivity index (χ0) is 29.1. The second-order valence-electron chi connectivity index (χ2n) is 9.17. The molecule has 0 aliphatic carbocycles. The lowest BCUT2D eigenvalue weighted by molar-refractivity contribution is -0.384. The van der Waals surface area contributed by atoms with Gasteiger partial charge in [0.2, 0.25) is 0 Å². The highest BCUT2D eigenvalue weighted by atomic mass is 35.5. The molecule has 0 bridgehead atoms. The average molecular weight is 594 g/mol. The molecular formula is C31H20Cl2F3N3O2. The first-order valence-corrected chi connectivity index (χ1v) is 13.0. The average Bonchev–Trinajstić information content (AvgIpc) is 3.33. The molecule has 5 aromatic rings. The Morgan fingerprint density at radius 3 is 2.15 bits per heavy atom. The number of imidazole rings is 1. The van der Waals surface area contributed by atoms with Gasteiger partial charge in [-0.3, -0.25) is 10.1 Å². The lowest BCUT2D eigenvalue weighted by Crippen LogP contribution is -2.04. The van der Waals surface area contributed by atoms with Crippen molar-refractivity contribution >= 4 is 41.0 Å². The van der Waals surface area contributed by atoms with Gasteiger partial charge in [-0.2, -0.15) is 13.2 Å². The number of rotatable bonds is 7. The number of aromatic nitrogens is 2. The smallest absolute Gasteiger partial charge is 0.326 e. The molecule has 5 nitrogen and oxygen atoms in total. The van der Waals surface area contributed by atoms with E-state index in [0.717, 1.165) is 23.3 Å². The van der Waals surface area contributed by atoms with Crippen LogP contribution in [0, 0.1) is 10.1 Å². The number of hydrogen-bond acceptors (Lipinski definition) is 3. The van der Waals surface area contributed by atoms with Crippen LogP contribution in [0.3, 0.4) is 0 Å². The third-order valence-electron chi connectivity index (χ3n) is 6.39. The number of nitrogens with zero attached hydrogens (tertiary/aromatic N) is 3. The second-order valence-corrected chi connectivity index (χ2v) is 9.98. The van der Waals surface area contributed by atoms with Gasteiger partial charge in [0.15, 0.2) is 0 Å². The molecule has 41 heavy (non-hydrogen) atoms. The Balaban J connectivity index is 1.45. The number of hydrogen-bond donors (Lipinski definition) is 0. The Hall–Kier alpha value is -4.40. The molecule has 0 fully saturated rings. The molecule has 1 aromatic heterocycles. The van der Waals surface area contributed by atoms with Crippen molar-refractivity contribution < 1.29 is 18.1 Å². The SMILES string of the molecule is O=[N+]([O-])c1ccc(Cn2cc(-c3c(Cl)cccc3Cl)nc2C=Cc2ccc(-c3cccc(C(F)(F)F)c3)cc2)cc1. The summed E-state index contributed by atoms with van der Waals surface area (Å²) >= 11 is 12.9. The fraction of sp³-hybridized carbons (Fsp3) is 0.0645. The number of nitro benzene ring substituents is 1. The molecule has 0 saturated carbocycles. The van der Waals surface area contributed by atoms with Gasteiger partial charge in [0, 0.05) is 30.4 Å². The van der Waals surface area contributed by atoms with E-state index in [2.05, 4.69) is 0 Å². The van der Waals surface area contributed by atoms with Gasteiger partial charge in [0.1, 0.15) is 5.82 Å². The molecule has 10 heteroatoms. The second kappa shape index (κ2) is 11.6. The van der Waals surface area contributed by atoms with E-state index < -0.39 is 16.7 Å². The van der Waals surface area contributed by atoms with Gasteiger partial charge in [-0.05, 0) is 52.6 Å². The zero-order valence-electron chi connectivity index (χ0n) is 21.1. The van der Waals surface area contributed by atoms with Crippen LogP contribution in [0.25, 0.3) is 34.5 Å². The molecule has 0 saturated heterocycles. The normalized spacial score (nSPS) is 11.7. The minimum absolute atomic E-state index is 0.00313. The van der Waals surface area contributed by atoms with Crippen molar-refractivity contribution in [3.63, 3.8) is 0 Å². The van der Waals surface area contributed by atoms with Gasteiger partial charge >= 0.3 is 6.18 Å². The monoisotopic (exact) mass is 593 g/mol. The number of non-ortho nitro benzene ring substituents is 1. The van der Waals surface area contributed by atoms with Crippen molar-refractivity contribution in [2.45, 2.75) is 12.7 Å². The molecule has 0 radical (unpaired) electrons. The highest BCUT2D eigenvalue weighted by Crippen LogP contribution is 2.35. The third kappa shape index (κ3) is 6.51. The van der Waals surface area contributed by atoms with Gasteiger partial charge in [-0.1, -0.05) is 83.9 Å². The van der Waals surface area contributed by atoms with Crippen LogP contribution in [0.1, 0.15) is 22.5 Å². The van der Waals surface area contributed by atoms with Crippen LogP contribution in [0.2, 0.25) is 10.0 Å². The van der Waals surface area contributed by atoms with Crippen LogP contribution in [0.5, 0.6) is 0 Å². The molecule has 206 valence electrons. The van der Waals surface area contributed by atoms with E-state index in [9.17, 15) is 23.3 Å². The summed E-state index contributed by atoms with van der Waals surface area (Å²) < 4.78 is 41.3. The fourth-order valence-electron chi connectivity index (χ4n) is 4.31. The van der Waals surface area contributed by atoms with Gasteiger partial charge in [0.05, 0.1) is 26.2 Å². The molecule has 5 rings (SSSR count). The Bertz CT molecular complexity index is 1730. The minimum Gasteiger partial charge on any atom is -0.326 e. The largest absolute Gasteiger partial charge is 0.416 e. The van der Waals surface area contributed by atoms with E-state index >= 15 is 0 Å². The molecule has 0 aliphatic rings. The van der Waals surface area contributed by atoms with Crippen molar-refractivity contribution in [2.24, 2.45) is 0 Å². The van der Waals surface area contributed by atoms with Crippen molar-refractivity contribution in [3.8, 4) is 22.4 Å². The predicted octanol–water partition coefficient (Wildman–Crippen LogP) is 9.67. The molecule has 0 aliphatic heterocycles. The molecule has 4 aromatic carbocycles. The van der Waals surface area contributed by atoms with E-state index in [1.54, 1.807) is 54.6 Å². The van der Waals surface area contributed by atoms with Gasteiger partial charge in [0.25, 0.3) is 5.69 Å². The summed E-state index contributed by atoms with van der Waals surface area (Å²) in [7, 11) is 0. The van der Waals surface area contributed by atoms with E-state index in [-0.39, 0.29) is 5.69 Å². The summed E-state index contributed by atoms with van der Waals surface area (Å²) in [5.74, 6) is 0.580. The third-order valence-corrected chi connectivity index (χ3v) is 7.02. The van der Waals surface area contributed by atoms with Gasteiger partial charge in [-0.15, -0.1) is 0 Å². The van der Waals surface area contributed by atoms with Gasteiger partial charge < -0.3 is 4.57 Å². The summed E-state index contributed by atoms with van der Waals surface area (Å²) in [6.07, 6.45) is 1.04. The first kappa shape index (κ1) is 28.1. The van der Waals surface area contributed by atoms with E-state index in [1.807, 2.05) is 29.0 Å². The lowest BCUT2D eigenvalue weighted by atomic mass is 10.0. The van der Waals surface area contributed by atoms with E-state index in [1.165, 1.54) is 18.2 Å². The van der Waals surface area contributed by atoms with Crippen LogP contribution >= 0.6 is 23.2 Å². The molecule has 0 amide bonds. The van der Waals surface area contributed by atoms with Crippen LogP contribution in [-0.2, 0) is 12.7 Å². The highest BCUT2D eigenvalue weighted by Gasteiger charge is 2.30.